The van der Waals surface area contributed by atoms with E-state index < -0.39 is 12.1 Å². The molecule has 0 aromatic carbocycles. The summed E-state index contributed by atoms with van der Waals surface area (Å²) < 4.78 is 0. The van der Waals surface area contributed by atoms with E-state index in [0.717, 1.165) is 77.0 Å². The summed E-state index contributed by atoms with van der Waals surface area (Å²) in [5.74, 6) is -0.0876. The van der Waals surface area contributed by atoms with Gasteiger partial charge in [0.2, 0.25) is 5.91 Å². The van der Waals surface area contributed by atoms with Crippen LogP contribution in [-0.4, -0.2) is 34.9 Å². The molecule has 0 radical (unpaired) electrons. The first-order valence-electron chi connectivity index (χ1n) is 22.1. The van der Waals surface area contributed by atoms with E-state index in [1.54, 1.807) is 6.08 Å². The smallest absolute Gasteiger partial charge is 0.220 e. The van der Waals surface area contributed by atoms with Crippen molar-refractivity contribution in [2.24, 2.45) is 0 Å². The maximum absolute atomic E-state index is 12.3. The van der Waals surface area contributed by atoms with Gasteiger partial charge in [0.25, 0.3) is 0 Å². The van der Waals surface area contributed by atoms with Crippen molar-refractivity contribution in [3.05, 3.63) is 109 Å². The summed E-state index contributed by atoms with van der Waals surface area (Å²) in [4.78, 5) is 12.3. The SMILES string of the molecule is C/C=C/CC/C=C/CC/C=C/C(O)C(CO)NC(=O)CCCCCCCCCCCCCCCC/C=C\C/C=C\C/C=C\C/C=C\C/C=C\C/C=C\CC. The molecule has 3 N–H and O–H groups in total. The molecule has 0 spiro atoms. The molecule has 0 aliphatic heterocycles. The van der Waals surface area contributed by atoms with E-state index in [9.17, 15) is 15.0 Å². The molecule has 0 heterocycles. The van der Waals surface area contributed by atoms with Crippen LogP contribution in [0.5, 0.6) is 0 Å². The number of nitrogens with one attached hydrogen (secondary N) is 1. The zero-order valence-corrected chi connectivity index (χ0v) is 34.9. The second-order valence-corrected chi connectivity index (χ2v) is 14.4. The van der Waals surface area contributed by atoms with E-state index in [2.05, 4.69) is 109 Å². The first-order chi connectivity index (χ1) is 26.7. The van der Waals surface area contributed by atoms with Gasteiger partial charge in [-0.15, -0.1) is 0 Å². The van der Waals surface area contributed by atoms with Gasteiger partial charge in [-0.3, -0.25) is 4.79 Å². The van der Waals surface area contributed by atoms with Gasteiger partial charge in [0.1, 0.15) is 0 Å². The fourth-order valence-electron chi connectivity index (χ4n) is 5.98. The number of rotatable bonds is 38. The average molecular weight is 746 g/mol. The Morgan fingerprint density at radius 1 is 0.481 bits per heavy atom. The van der Waals surface area contributed by atoms with Gasteiger partial charge in [-0.25, -0.2) is 0 Å². The normalized spacial score (nSPS) is 14.1. The third-order valence-electron chi connectivity index (χ3n) is 9.31. The van der Waals surface area contributed by atoms with Gasteiger partial charge in [-0.2, -0.15) is 0 Å². The molecule has 306 valence electrons. The Kier molecular flexibility index (Phi) is 42.0. The van der Waals surface area contributed by atoms with Crippen LogP contribution in [-0.2, 0) is 4.79 Å². The number of allylic oxidation sites excluding steroid dienone is 17. The molecule has 0 aromatic heterocycles. The van der Waals surface area contributed by atoms with Gasteiger partial charge >= 0.3 is 0 Å². The molecule has 0 aromatic rings. The van der Waals surface area contributed by atoms with Crippen LogP contribution in [0.4, 0.5) is 0 Å². The maximum Gasteiger partial charge on any atom is 0.220 e. The average Bonchev–Trinajstić information content (AvgIpc) is 3.18. The Labute approximate surface area is 334 Å². The molecular weight excluding hydrogens is 663 g/mol. The van der Waals surface area contributed by atoms with E-state index in [-0.39, 0.29) is 12.5 Å². The van der Waals surface area contributed by atoms with E-state index in [1.807, 2.05) is 13.0 Å². The number of hydrogen-bond donors (Lipinski definition) is 3. The first kappa shape index (κ1) is 51.0. The highest BCUT2D eigenvalue weighted by Gasteiger charge is 2.17. The quantitative estimate of drug-likeness (QED) is 0.0435. The molecule has 0 rings (SSSR count). The Balaban J connectivity index is 3.54. The topological polar surface area (TPSA) is 69.6 Å². The summed E-state index contributed by atoms with van der Waals surface area (Å²) in [6.07, 6.45) is 68.0. The lowest BCUT2D eigenvalue weighted by atomic mass is 10.0. The Morgan fingerprint density at radius 3 is 1.30 bits per heavy atom. The van der Waals surface area contributed by atoms with Crippen molar-refractivity contribution in [2.45, 2.75) is 193 Å². The van der Waals surface area contributed by atoms with E-state index in [4.69, 9.17) is 0 Å². The highest BCUT2D eigenvalue weighted by atomic mass is 16.3. The number of aliphatic hydroxyl groups is 2. The van der Waals surface area contributed by atoms with E-state index >= 15 is 0 Å². The minimum atomic E-state index is -0.873. The molecule has 0 aliphatic rings. The third kappa shape index (κ3) is 40.2. The molecule has 54 heavy (non-hydrogen) atoms. The van der Waals surface area contributed by atoms with Crippen molar-refractivity contribution in [1.82, 2.24) is 5.32 Å². The molecule has 1 amide bonds. The summed E-state index contributed by atoms with van der Waals surface area (Å²) >= 11 is 0. The predicted octanol–water partition coefficient (Wildman–Crippen LogP) is 14.0. The third-order valence-corrected chi connectivity index (χ3v) is 9.31. The summed E-state index contributed by atoms with van der Waals surface area (Å²) in [5.41, 5.74) is 0. The maximum atomic E-state index is 12.3. The molecular formula is C50H83NO3. The molecule has 4 nitrogen and oxygen atoms in total. The van der Waals surface area contributed by atoms with Gasteiger partial charge in [0, 0.05) is 6.42 Å². The van der Waals surface area contributed by atoms with Crippen molar-refractivity contribution >= 4 is 5.91 Å². The Bertz CT molecular complexity index is 1070. The molecule has 0 fully saturated rings. The lowest BCUT2D eigenvalue weighted by molar-refractivity contribution is -0.123. The fourth-order valence-corrected chi connectivity index (χ4v) is 5.98. The van der Waals surface area contributed by atoms with Crippen LogP contribution in [0, 0.1) is 0 Å². The zero-order valence-electron chi connectivity index (χ0n) is 34.9. The summed E-state index contributed by atoms with van der Waals surface area (Å²) in [6.45, 7) is 3.93. The monoisotopic (exact) mass is 746 g/mol. The summed E-state index contributed by atoms with van der Waals surface area (Å²) in [7, 11) is 0. The minimum absolute atomic E-state index is 0.0876. The molecule has 0 bridgehead atoms. The zero-order chi connectivity index (χ0) is 39.3. The van der Waals surface area contributed by atoms with Crippen molar-refractivity contribution in [1.29, 1.82) is 0 Å². The van der Waals surface area contributed by atoms with Crippen molar-refractivity contribution in [3.63, 3.8) is 0 Å². The van der Waals surface area contributed by atoms with Crippen LogP contribution in [0.15, 0.2) is 109 Å². The van der Waals surface area contributed by atoms with Crippen LogP contribution in [0.1, 0.15) is 181 Å². The molecule has 2 atom stereocenters. The number of carbonyl (C=O) groups is 1. The van der Waals surface area contributed by atoms with Gasteiger partial charge < -0.3 is 15.5 Å². The van der Waals surface area contributed by atoms with Gasteiger partial charge in [-0.1, -0.05) is 193 Å². The van der Waals surface area contributed by atoms with Crippen molar-refractivity contribution in [2.75, 3.05) is 6.61 Å². The van der Waals surface area contributed by atoms with Gasteiger partial charge in [0.05, 0.1) is 18.8 Å². The second-order valence-electron chi connectivity index (χ2n) is 14.4. The largest absolute Gasteiger partial charge is 0.394 e. The second kappa shape index (κ2) is 44.4. The van der Waals surface area contributed by atoms with Crippen LogP contribution in [0.2, 0.25) is 0 Å². The van der Waals surface area contributed by atoms with Crippen molar-refractivity contribution in [3.8, 4) is 0 Å². The van der Waals surface area contributed by atoms with Crippen LogP contribution in [0.25, 0.3) is 0 Å². The highest BCUT2D eigenvalue weighted by Crippen LogP contribution is 2.14. The standard InChI is InChI=1S/C50H83NO3/c1-3-5-7-9-11-13-14-15-16-17-18-19-20-21-22-23-24-25-26-27-28-29-30-31-32-33-34-35-36-38-40-42-44-46-50(54)51-48(47-52)49(53)45-43-41-39-37-12-10-8-6-4-2/h4-7,11-13,15-16,18-19,21-22,24-25,37,43,45,48-49,52-53H,3,8-10,14,17,20,23,26-36,38-42,44,46-47H2,1-2H3,(H,51,54)/b6-4+,7-5-,13-11-,16-15-,19-18-,22-21-,25-24-,37-12+,45-43+. The minimum Gasteiger partial charge on any atom is -0.394 e. The first-order valence-corrected chi connectivity index (χ1v) is 22.1. The summed E-state index contributed by atoms with van der Waals surface area (Å²) in [6, 6.07) is -0.649. The van der Waals surface area contributed by atoms with Crippen LogP contribution >= 0.6 is 0 Å². The lowest BCUT2D eigenvalue weighted by Crippen LogP contribution is -2.45. The lowest BCUT2D eigenvalue weighted by Gasteiger charge is -2.19. The van der Waals surface area contributed by atoms with Crippen LogP contribution < -0.4 is 5.32 Å². The Morgan fingerprint density at radius 2 is 0.852 bits per heavy atom. The fraction of sp³-hybridized carbons (Fsp3) is 0.620. The number of unbranched alkanes of at least 4 members (excludes halogenated alkanes) is 16. The predicted molar refractivity (Wildman–Crippen MR) is 239 cm³/mol. The van der Waals surface area contributed by atoms with Crippen molar-refractivity contribution < 1.29 is 15.0 Å². The molecule has 2 unspecified atom stereocenters. The number of aliphatic hydroxyl groups excluding tert-OH is 2. The summed E-state index contributed by atoms with van der Waals surface area (Å²) in [5, 5.41) is 22.8. The van der Waals surface area contributed by atoms with E-state index in [0.29, 0.717) is 6.42 Å². The number of carbonyl (C=O) groups excluding carboxylic acids is 1. The van der Waals surface area contributed by atoms with E-state index in [1.165, 1.54) is 83.5 Å². The Hall–Kier alpha value is -2.95. The molecule has 0 saturated heterocycles. The van der Waals surface area contributed by atoms with Gasteiger partial charge in [-0.05, 0) is 90.4 Å². The molecule has 0 aliphatic carbocycles. The van der Waals surface area contributed by atoms with Gasteiger partial charge in [0.15, 0.2) is 0 Å². The highest BCUT2D eigenvalue weighted by molar-refractivity contribution is 5.76. The molecule has 0 saturated carbocycles. The molecule has 4 heteroatoms. The number of hydrogen-bond acceptors (Lipinski definition) is 3. The van der Waals surface area contributed by atoms with Crippen LogP contribution in [0.3, 0.4) is 0 Å². The number of amides is 1.